The summed E-state index contributed by atoms with van der Waals surface area (Å²) in [6, 6.07) is 0.976. The molecule has 1 rings (SSSR count). The molecule has 0 amide bonds. The average molecular weight is 287 g/mol. The molecule has 0 fully saturated rings. The highest BCUT2D eigenvalue weighted by Crippen LogP contribution is 2.28. The van der Waals surface area contributed by atoms with Gasteiger partial charge in [0.15, 0.2) is 5.13 Å². The van der Waals surface area contributed by atoms with Crippen molar-refractivity contribution in [3.63, 3.8) is 0 Å². The second-order valence-electron chi connectivity index (χ2n) is 4.45. The first-order chi connectivity index (χ1) is 8.63. The molecule has 104 valence electrons. The van der Waals surface area contributed by atoms with Crippen LogP contribution in [0, 0.1) is 0 Å². The summed E-state index contributed by atoms with van der Waals surface area (Å²) >= 11 is 3.70. The van der Waals surface area contributed by atoms with Gasteiger partial charge in [0.25, 0.3) is 0 Å². The van der Waals surface area contributed by atoms with Crippen LogP contribution in [0.1, 0.15) is 38.1 Å². The monoisotopic (exact) mass is 287 g/mol. The molecule has 1 aromatic rings. The van der Waals surface area contributed by atoms with Crippen LogP contribution in [0.25, 0.3) is 0 Å². The molecular formula is C13H25N3S2. The Hall–Kier alpha value is -0.260. The third kappa shape index (κ3) is 4.14. The fourth-order valence-corrected chi connectivity index (χ4v) is 3.72. The van der Waals surface area contributed by atoms with E-state index in [-0.39, 0.29) is 0 Å². The van der Waals surface area contributed by atoms with E-state index in [1.807, 2.05) is 18.0 Å². The first-order valence-electron chi connectivity index (χ1n) is 6.54. The zero-order chi connectivity index (χ0) is 13.5. The third-order valence-corrected chi connectivity index (χ3v) is 5.12. The van der Waals surface area contributed by atoms with Crippen molar-refractivity contribution in [1.29, 1.82) is 0 Å². The van der Waals surface area contributed by atoms with Crippen molar-refractivity contribution in [1.82, 2.24) is 10.3 Å². The number of thioether (sulfide) groups is 1. The number of nitrogens with zero attached hydrogens (tertiary/aromatic N) is 2. The second-order valence-corrected chi connectivity index (χ2v) is 6.40. The molecule has 0 saturated heterocycles. The molecule has 1 heterocycles. The first-order valence-corrected chi connectivity index (χ1v) is 8.75. The van der Waals surface area contributed by atoms with Gasteiger partial charge in [-0.1, -0.05) is 13.8 Å². The van der Waals surface area contributed by atoms with Gasteiger partial charge in [-0.2, -0.15) is 11.8 Å². The standard InChI is InChI=1S/C13H25N3S2/c1-6-11(9-17-5)16(4)13-15-8-12(18-13)10(3)14-7-2/h8,10-11,14H,6-7,9H2,1-5H3. The molecule has 0 bridgehead atoms. The molecule has 1 N–H and O–H groups in total. The van der Waals surface area contributed by atoms with Gasteiger partial charge in [-0.3, -0.25) is 0 Å². The van der Waals surface area contributed by atoms with Gasteiger partial charge in [0.2, 0.25) is 0 Å². The van der Waals surface area contributed by atoms with E-state index in [0.29, 0.717) is 12.1 Å². The van der Waals surface area contributed by atoms with E-state index >= 15 is 0 Å². The largest absolute Gasteiger partial charge is 0.347 e. The lowest BCUT2D eigenvalue weighted by molar-refractivity contribution is 0.606. The van der Waals surface area contributed by atoms with E-state index < -0.39 is 0 Å². The number of anilines is 1. The number of hydrogen-bond donors (Lipinski definition) is 1. The van der Waals surface area contributed by atoms with Gasteiger partial charge < -0.3 is 10.2 Å². The molecule has 3 nitrogen and oxygen atoms in total. The summed E-state index contributed by atoms with van der Waals surface area (Å²) < 4.78 is 0. The third-order valence-electron chi connectivity index (χ3n) is 3.13. The Morgan fingerprint density at radius 2 is 2.22 bits per heavy atom. The van der Waals surface area contributed by atoms with Crippen molar-refractivity contribution < 1.29 is 0 Å². The minimum absolute atomic E-state index is 0.398. The number of rotatable bonds is 8. The van der Waals surface area contributed by atoms with Gasteiger partial charge in [0.1, 0.15) is 0 Å². The van der Waals surface area contributed by atoms with Crippen molar-refractivity contribution in [2.75, 3.05) is 30.5 Å². The minimum Gasteiger partial charge on any atom is -0.347 e. The Kier molecular flexibility index (Phi) is 7.04. The highest BCUT2D eigenvalue weighted by Gasteiger charge is 2.17. The van der Waals surface area contributed by atoms with Crippen molar-refractivity contribution in [3.05, 3.63) is 11.1 Å². The number of nitrogens with one attached hydrogen (secondary N) is 1. The van der Waals surface area contributed by atoms with Crippen LogP contribution < -0.4 is 10.2 Å². The van der Waals surface area contributed by atoms with E-state index in [1.165, 1.54) is 4.88 Å². The SMILES string of the molecule is CCNC(C)c1cnc(N(C)C(CC)CSC)s1. The van der Waals surface area contributed by atoms with Crippen LogP contribution in [0.4, 0.5) is 5.13 Å². The van der Waals surface area contributed by atoms with Gasteiger partial charge in [0, 0.05) is 36.0 Å². The van der Waals surface area contributed by atoms with Gasteiger partial charge >= 0.3 is 0 Å². The molecule has 2 unspecified atom stereocenters. The van der Waals surface area contributed by atoms with E-state index in [0.717, 1.165) is 23.8 Å². The molecule has 5 heteroatoms. The van der Waals surface area contributed by atoms with Gasteiger partial charge in [0.05, 0.1) is 0 Å². The number of aromatic nitrogens is 1. The molecule has 0 aliphatic rings. The highest BCUT2D eigenvalue weighted by molar-refractivity contribution is 7.98. The fraction of sp³-hybridized carbons (Fsp3) is 0.769. The zero-order valence-corrected chi connectivity index (χ0v) is 13.7. The summed E-state index contributed by atoms with van der Waals surface area (Å²) in [7, 11) is 2.16. The van der Waals surface area contributed by atoms with E-state index in [9.17, 15) is 0 Å². The Labute approximate surface area is 119 Å². The number of hydrogen-bond acceptors (Lipinski definition) is 5. The lowest BCUT2D eigenvalue weighted by Crippen LogP contribution is -2.32. The molecular weight excluding hydrogens is 262 g/mol. The van der Waals surface area contributed by atoms with Gasteiger partial charge in [-0.05, 0) is 26.1 Å². The van der Waals surface area contributed by atoms with Crippen molar-refractivity contribution in [2.24, 2.45) is 0 Å². The van der Waals surface area contributed by atoms with Crippen LogP contribution in [0.3, 0.4) is 0 Å². The summed E-state index contributed by atoms with van der Waals surface area (Å²) in [6.07, 6.45) is 5.33. The number of thiazole rings is 1. The van der Waals surface area contributed by atoms with Crippen LogP contribution in [0.15, 0.2) is 6.20 Å². The second kappa shape index (κ2) is 8.02. The maximum atomic E-state index is 4.57. The predicted molar refractivity (Wildman–Crippen MR) is 85.1 cm³/mol. The summed E-state index contributed by atoms with van der Waals surface area (Å²) in [5.74, 6) is 1.16. The van der Waals surface area contributed by atoms with E-state index in [2.05, 4.69) is 49.3 Å². The van der Waals surface area contributed by atoms with Crippen LogP contribution in [-0.2, 0) is 0 Å². The molecule has 0 aromatic carbocycles. The van der Waals surface area contributed by atoms with Crippen molar-refractivity contribution >= 4 is 28.2 Å². The minimum atomic E-state index is 0.398. The van der Waals surface area contributed by atoms with Crippen LogP contribution in [-0.4, -0.2) is 36.6 Å². The molecule has 1 aromatic heterocycles. The lowest BCUT2D eigenvalue weighted by Gasteiger charge is -2.26. The summed E-state index contributed by atoms with van der Waals surface area (Å²) in [5.41, 5.74) is 0. The Balaban J connectivity index is 2.71. The topological polar surface area (TPSA) is 28.2 Å². The molecule has 0 saturated carbocycles. The van der Waals surface area contributed by atoms with Crippen LogP contribution in [0.5, 0.6) is 0 Å². The maximum absolute atomic E-state index is 4.57. The molecule has 0 radical (unpaired) electrons. The smallest absolute Gasteiger partial charge is 0.185 e. The molecule has 0 aliphatic heterocycles. The quantitative estimate of drug-likeness (QED) is 0.793. The lowest BCUT2D eigenvalue weighted by atomic mass is 10.2. The Morgan fingerprint density at radius 3 is 2.78 bits per heavy atom. The summed E-state index contributed by atoms with van der Waals surface area (Å²) in [5, 5.41) is 4.57. The van der Waals surface area contributed by atoms with Crippen molar-refractivity contribution in [3.8, 4) is 0 Å². The normalized spacial score (nSPS) is 14.5. The van der Waals surface area contributed by atoms with Crippen LogP contribution in [0.2, 0.25) is 0 Å². The van der Waals surface area contributed by atoms with E-state index in [1.54, 1.807) is 11.3 Å². The van der Waals surface area contributed by atoms with Gasteiger partial charge in [-0.25, -0.2) is 4.98 Å². The average Bonchev–Trinajstić information content (AvgIpc) is 2.85. The first kappa shape index (κ1) is 15.8. The van der Waals surface area contributed by atoms with E-state index in [4.69, 9.17) is 0 Å². The molecule has 2 atom stereocenters. The Morgan fingerprint density at radius 1 is 1.50 bits per heavy atom. The summed E-state index contributed by atoms with van der Waals surface area (Å²) in [4.78, 5) is 8.21. The zero-order valence-electron chi connectivity index (χ0n) is 12.1. The van der Waals surface area contributed by atoms with Crippen molar-refractivity contribution in [2.45, 2.75) is 39.3 Å². The van der Waals surface area contributed by atoms with Gasteiger partial charge in [-0.15, -0.1) is 11.3 Å². The predicted octanol–water partition coefficient (Wildman–Crippen LogP) is 3.39. The highest BCUT2D eigenvalue weighted by atomic mass is 32.2. The van der Waals surface area contributed by atoms with Crippen LogP contribution >= 0.6 is 23.1 Å². The molecule has 0 spiro atoms. The fourth-order valence-electron chi connectivity index (χ4n) is 1.90. The maximum Gasteiger partial charge on any atom is 0.185 e. The molecule has 18 heavy (non-hydrogen) atoms. The molecule has 0 aliphatic carbocycles. The summed E-state index contributed by atoms with van der Waals surface area (Å²) in [6.45, 7) is 7.57. The Bertz CT molecular complexity index is 341.